The van der Waals surface area contributed by atoms with Gasteiger partial charge in [0, 0.05) is 43.0 Å². The predicted octanol–water partition coefficient (Wildman–Crippen LogP) is 3.05. The average Bonchev–Trinajstić information content (AvgIpc) is 3.22. The van der Waals surface area contributed by atoms with Gasteiger partial charge in [-0.3, -0.25) is 9.69 Å². The molecule has 2 aliphatic rings. The van der Waals surface area contributed by atoms with Gasteiger partial charge in [0.25, 0.3) is 5.91 Å². The highest BCUT2D eigenvalue weighted by atomic mass is 32.1. The van der Waals surface area contributed by atoms with E-state index in [1.54, 1.807) is 11.3 Å². The summed E-state index contributed by atoms with van der Waals surface area (Å²) in [6.45, 7) is 8.62. The van der Waals surface area contributed by atoms with E-state index in [4.69, 9.17) is 9.47 Å². The van der Waals surface area contributed by atoms with Gasteiger partial charge in [0.15, 0.2) is 11.5 Å². The monoisotopic (exact) mass is 358 g/mol. The molecular formula is C19H22N2O3S. The zero-order valence-electron chi connectivity index (χ0n) is 14.6. The van der Waals surface area contributed by atoms with Crippen molar-refractivity contribution in [2.24, 2.45) is 0 Å². The molecule has 5 nitrogen and oxygen atoms in total. The lowest BCUT2D eigenvalue weighted by Crippen LogP contribution is -2.48. The number of hydrogen-bond acceptors (Lipinski definition) is 5. The van der Waals surface area contributed by atoms with Gasteiger partial charge in [-0.15, -0.1) is 11.3 Å². The molecule has 0 aliphatic carbocycles. The minimum absolute atomic E-state index is 0.171. The maximum atomic E-state index is 12.7. The molecular weight excluding hydrogens is 336 g/mol. The summed E-state index contributed by atoms with van der Waals surface area (Å²) in [6, 6.07) is 6.11. The molecule has 0 spiro atoms. The lowest BCUT2D eigenvalue weighted by Gasteiger charge is -2.34. The summed E-state index contributed by atoms with van der Waals surface area (Å²) >= 11 is 1.66. The Morgan fingerprint density at radius 2 is 1.88 bits per heavy atom. The molecule has 25 heavy (non-hydrogen) atoms. The van der Waals surface area contributed by atoms with Crippen LogP contribution in [0.1, 0.15) is 26.4 Å². The maximum Gasteiger partial charge on any atom is 0.255 e. The van der Waals surface area contributed by atoms with Crippen LogP contribution in [0.4, 0.5) is 0 Å². The van der Waals surface area contributed by atoms with E-state index < -0.39 is 0 Å². The summed E-state index contributed by atoms with van der Waals surface area (Å²) in [5.74, 6) is 1.82. The van der Waals surface area contributed by atoms with Gasteiger partial charge in [0.05, 0.1) is 5.56 Å². The number of aryl methyl sites for hydroxylation is 1. The van der Waals surface area contributed by atoms with E-state index >= 15 is 0 Å². The Morgan fingerprint density at radius 3 is 2.60 bits per heavy atom. The number of thiophene rings is 1. The smallest absolute Gasteiger partial charge is 0.255 e. The van der Waals surface area contributed by atoms with E-state index in [-0.39, 0.29) is 5.91 Å². The molecule has 0 saturated carbocycles. The van der Waals surface area contributed by atoms with Crippen LogP contribution in [-0.2, 0) is 6.54 Å². The molecule has 0 atom stereocenters. The lowest BCUT2D eigenvalue weighted by atomic mass is 10.1. The number of carbonyl (C=O) groups excluding carboxylic acids is 1. The van der Waals surface area contributed by atoms with Crippen LogP contribution in [0.3, 0.4) is 0 Å². The number of hydrogen-bond donors (Lipinski definition) is 0. The molecule has 0 bridgehead atoms. The molecule has 6 heteroatoms. The average molecular weight is 358 g/mol. The van der Waals surface area contributed by atoms with E-state index in [0.29, 0.717) is 6.79 Å². The Balaban J connectivity index is 1.35. The zero-order chi connectivity index (χ0) is 17.4. The minimum Gasteiger partial charge on any atom is -0.454 e. The second-order valence-corrected chi connectivity index (χ2v) is 7.67. The molecule has 3 heterocycles. The Hall–Kier alpha value is -2.05. The second-order valence-electron chi connectivity index (χ2n) is 6.59. The first kappa shape index (κ1) is 16.4. The molecule has 1 saturated heterocycles. The normalized spacial score (nSPS) is 17.1. The van der Waals surface area contributed by atoms with Crippen LogP contribution in [0.15, 0.2) is 23.6 Å². The summed E-state index contributed by atoms with van der Waals surface area (Å²) in [5.41, 5.74) is 3.21. The maximum absolute atomic E-state index is 12.7. The SMILES string of the molecule is Cc1scc(C(=O)N2CCN(Cc3ccc4c(c3)OCO4)CC2)c1C. The number of benzene rings is 1. The highest BCUT2D eigenvalue weighted by Crippen LogP contribution is 2.33. The van der Waals surface area contributed by atoms with Gasteiger partial charge in [-0.05, 0) is 37.1 Å². The van der Waals surface area contributed by atoms with Crippen LogP contribution in [-0.4, -0.2) is 48.7 Å². The van der Waals surface area contributed by atoms with E-state index in [1.165, 1.54) is 10.4 Å². The van der Waals surface area contributed by atoms with E-state index in [9.17, 15) is 4.79 Å². The van der Waals surface area contributed by atoms with E-state index in [1.807, 2.05) is 23.3 Å². The van der Waals surface area contributed by atoms with E-state index in [0.717, 1.165) is 55.3 Å². The molecule has 0 unspecified atom stereocenters. The highest BCUT2D eigenvalue weighted by molar-refractivity contribution is 7.10. The number of piperazine rings is 1. The van der Waals surface area contributed by atoms with Gasteiger partial charge in [-0.25, -0.2) is 0 Å². The molecule has 1 amide bonds. The largest absolute Gasteiger partial charge is 0.454 e. The molecule has 132 valence electrons. The van der Waals surface area contributed by atoms with Crippen molar-refractivity contribution in [3.8, 4) is 11.5 Å². The van der Waals surface area contributed by atoms with Crippen LogP contribution in [0.5, 0.6) is 11.5 Å². The van der Waals surface area contributed by atoms with E-state index in [2.05, 4.69) is 24.0 Å². The van der Waals surface area contributed by atoms with Gasteiger partial charge < -0.3 is 14.4 Å². The first-order valence-corrected chi connectivity index (χ1v) is 9.44. The topological polar surface area (TPSA) is 42.0 Å². The van der Waals surface area contributed by atoms with Gasteiger partial charge >= 0.3 is 0 Å². The number of fused-ring (bicyclic) bond motifs is 1. The van der Waals surface area contributed by atoms with Crippen molar-refractivity contribution in [3.63, 3.8) is 0 Å². The third kappa shape index (κ3) is 3.24. The molecule has 1 aromatic carbocycles. The number of rotatable bonds is 3. The first-order valence-electron chi connectivity index (χ1n) is 8.56. The number of carbonyl (C=O) groups is 1. The van der Waals surface area contributed by atoms with Gasteiger partial charge in [-0.1, -0.05) is 6.07 Å². The Kier molecular flexibility index (Phi) is 4.39. The van der Waals surface area contributed by atoms with Crippen LogP contribution in [0.2, 0.25) is 0 Å². The fourth-order valence-electron chi connectivity index (χ4n) is 3.30. The number of amides is 1. The summed E-state index contributed by atoms with van der Waals surface area (Å²) in [6.07, 6.45) is 0. The van der Waals surface area contributed by atoms with Crippen molar-refractivity contribution in [3.05, 3.63) is 45.1 Å². The zero-order valence-corrected chi connectivity index (χ0v) is 15.4. The van der Waals surface area contributed by atoms with Gasteiger partial charge in [0.1, 0.15) is 0 Å². The molecule has 0 radical (unpaired) electrons. The second kappa shape index (κ2) is 6.69. The number of nitrogens with zero attached hydrogens (tertiary/aromatic N) is 2. The van der Waals surface area contributed by atoms with Crippen LogP contribution in [0.25, 0.3) is 0 Å². The van der Waals surface area contributed by atoms with Crippen molar-refractivity contribution in [2.45, 2.75) is 20.4 Å². The first-order chi connectivity index (χ1) is 12.1. The van der Waals surface area contributed by atoms with Gasteiger partial charge in [-0.2, -0.15) is 0 Å². The molecule has 2 aliphatic heterocycles. The Bertz CT molecular complexity index is 794. The predicted molar refractivity (Wildman–Crippen MR) is 97.5 cm³/mol. The minimum atomic E-state index is 0.171. The molecule has 1 aromatic heterocycles. The van der Waals surface area contributed by atoms with Crippen molar-refractivity contribution < 1.29 is 14.3 Å². The van der Waals surface area contributed by atoms with Crippen molar-refractivity contribution in [2.75, 3.05) is 33.0 Å². The summed E-state index contributed by atoms with van der Waals surface area (Å²) < 4.78 is 10.8. The summed E-state index contributed by atoms with van der Waals surface area (Å²) in [5, 5.41) is 1.99. The molecule has 0 N–H and O–H groups in total. The Morgan fingerprint density at radius 1 is 1.12 bits per heavy atom. The van der Waals surface area contributed by atoms with Crippen LogP contribution < -0.4 is 9.47 Å². The lowest BCUT2D eigenvalue weighted by molar-refractivity contribution is 0.0628. The van der Waals surface area contributed by atoms with Gasteiger partial charge in [0.2, 0.25) is 6.79 Å². The standard InChI is InChI=1S/C19H22N2O3S/c1-13-14(2)25-11-16(13)19(22)21-7-5-20(6-8-21)10-15-3-4-17-18(9-15)24-12-23-17/h3-4,9,11H,5-8,10,12H2,1-2H3. The molecule has 2 aromatic rings. The fraction of sp³-hybridized carbons (Fsp3) is 0.421. The fourth-order valence-corrected chi connectivity index (χ4v) is 4.16. The van der Waals surface area contributed by atoms with Crippen molar-refractivity contribution in [1.82, 2.24) is 9.80 Å². The van der Waals surface area contributed by atoms with Crippen molar-refractivity contribution in [1.29, 1.82) is 0 Å². The third-order valence-electron chi connectivity index (χ3n) is 5.02. The third-order valence-corrected chi connectivity index (χ3v) is 6.03. The highest BCUT2D eigenvalue weighted by Gasteiger charge is 2.24. The molecule has 1 fully saturated rings. The number of ether oxygens (including phenoxy) is 2. The summed E-state index contributed by atoms with van der Waals surface area (Å²) in [7, 11) is 0. The molecule has 4 rings (SSSR count). The van der Waals surface area contributed by atoms with Crippen LogP contribution in [0, 0.1) is 13.8 Å². The van der Waals surface area contributed by atoms with Crippen molar-refractivity contribution >= 4 is 17.2 Å². The summed E-state index contributed by atoms with van der Waals surface area (Å²) in [4.78, 5) is 18.3. The Labute approximate surface area is 151 Å². The quantitative estimate of drug-likeness (QED) is 0.846. The van der Waals surface area contributed by atoms with Crippen LogP contribution >= 0.6 is 11.3 Å².